The van der Waals surface area contributed by atoms with E-state index in [2.05, 4.69) is 51.6 Å². The monoisotopic (exact) mass is 340 g/mol. The van der Waals surface area contributed by atoms with Gasteiger partial charge in [0.1, 0.15) is 12.1 Å². The third-order valence-electron chi connectivity index (χ3n) is 2.31. The molecule has 0 radical (unpaired) electrons. The van der Waals surface area contributed by atoms with Gasteiger partial charge in [-0.3, -0.25) is 0 Å². The summed E-state index contributed by atoms with van der Waals surface area (Å²) in [5.74, 6) is 1.41. The van der Waals surface area contributed by atoms with E-state index >= 15 is 0 Å². The molecule has 0 saturated heterocycles. The summed E-state index contributed by atoms with van der Waals surface area (Å²) >= 11 is 2.16. The predicted octanol–water partition coefficient (Wildman–Crippen LogP) is 3.83. The first-order valence-corrected chi connectivity index (χ1v) is 6.59. The van der Waals surface area contributed by atoms with Gasteiger partial charge in [-0.05, 0) is 46.7 Å². The van der Waals surface area contributed by atoms with Crippen molar-refractivity contribution in [2.24, 2.45) is 0 Å². The van der Waals surface area contributed by atoms with Crippen molar-refractivity contribution >= 4 is 22.6 Å². The molecule has 0 spiro atoms. The van der Waals surface area contributed by atoms with Gasteiger partial charge in [0.2, 0.25) is 5.88 Å². The van der Waals surface area contributed by atoms with Crippen molar-refractivity contribution < 1.29 is 4.74 Å². The Kier molecular flexibility index (Phi) is 4.30. The Morgan fingerprint density at radius 1 is 1.24 bits per heavy atom. The zero-order chi connectivity index (χ0) is 12.1. The number of hydrogen-bond donors (Lipinski definition) is 0. The van der Waals surface area contributed by atoms with Crippen LogP contribution in [0, 0.1) is 3.57 Å². The van der Waals surface area contributed by atoms with Gasteiger partial charge in [0.25, 0.3) is 0 Å². The second-order valence-electron chi connectivity index (χ2n) is 3.67. The van der Waals surface area contributed by atoms with Crippen LogP contribution in [0.15, 0.2) is 36.8 Å². The zero-order valence-corrected chi connectivity index (χ0v) is 11.7. The lowest BCUT2D eigenvalue weighted by atomic mass is 10.1. The molecule has 0 aliphatic rings. The summed E-state index contributed by atoms with van der Waals surface area (Å²) in [7, 11) is 0. The number of rotatable bonds is 4. The number of aromatic nitrogens is 2. The SMILES string of the molecule is CCCc1ccc(Oc2ncncc2I)cc1. The standard InChI is InChI=1S/C13H13IN2O/c1-2-3-10-4-6-11(7-5-10)17-13-12(14)8-15-9-16-13/h4-9H,2-3H2,1H3. The molecule has 0 N–H and O–H groups in total. The van der Waals surface area contributed by atoms with E-state index in [1.165, 1.54) is 11.9 Å². The van der Waals surface area contributed by atoms with Gasteiger partial charge in [-0.1, -0.05) is 25.5 Å². The molecule has 0 bridgehead atoms. The number of nitrogens with zero attached hydrogens (tertiary/aromatic N) is 2. The number of ether oxygens (including phenoxy) is 1. The Morgan fingerprint density at radius 2 is 2.00 bits per heavy atom. The van der Waals surface area contributed by atoms with Gasteiger partial charge in [0.15, 0.2) is 0 Å². The Labute approximate surface area is 114 Å². The van der Waals surface area contributed by atoms with E-state index in [4.69, 9.17) is 4.74 Å². The van der Waals surface area contributed by atoms with Crippen LogP contribution in [-0.2, 0) is 6.42 Å². The highest BCUT2D eigenvalue weighted by Crippen LogP contribution is 2.23. The molecule has 0 amide bonds. The van der Waals surface area contributed by atoms with Crippen LogP contribution in [0.5, 0.6) is 11.6 Å². The van der Waals surface area contributed by atoms with Crippen LogP contribution in [0.1, 0.15) is 18.9 Å². The first kappa shape index (κ1) is 12.3. The molecule has 2 aromatic rings. The van der Waals surface area contributed by atoms with Crippen molar-refractivity contribution in [1.82, 2.24) is 9.97 Å². The fraction of sp³-hybridized carbons (Fsp3) is 0.231. The number of halogens is 1. The van der Waals surface area contributed by atoms with Crippen molar-refractivity contribution in [3.63, 3.8) is 0 Å². The van der Waals surface area contributed by atoms with Crippen molar-refractivity contribution in [3.8, 4) is 11.6 Å². The highest BCUT2D eigenvalue weighted by Gasteiger charge is 2.03. The number of hydrogen-bond acceptors (Lipinski definition) is 3. The second-order valence-corrected chi connectivity index (χ2v) is 4.83. The first-order chi connectivity index (χ1) is 8.29. The maximum atomic E-state index is 5.68. The molecule has 2 rings (SSSR count). The molecule has 0 unspecified atom stereocenters. The molecule has 4 heteroatoms. The lowest BCUT2D eigenvalue weighted by molar-refractivity contribution is 0.457. The molecule has 1 heterocycles. The topological polar surface area (TPSA) is 35.0 Å². The van der Waals surface area contributed by atoms with E-state index < -0.39 is 0 Å². The second kappa shape index (κ2) is 5.95. The Morgan fingerprint density at radius 3 is 2.65 bits per heavy atom. The van der Waals surface area contributed by atoms with Gasteiger partial charge in [-0.25, -0.2) is 9.97 Å². The fourth-order valence-corrected chi connectivity index (χ4v) is 1.91. The van der Waals surface area contributed by atoms with Gasteiger partial charge in [-0.2, -0.15) is 0 Å². The normalized spacial score (nSPS) is 10.2. The largest absolute Gasteiger partial charge is 0.438 e. The lowest BCUT2D eigenvalue weighted by Crippen LogP contribution is -1.92. The molecule has 0 fully saturated rings. The molecule has 1 aromatic carbocycles. The number of benzene rings is 1. The molecule has 0 atom stereocenters. The average Bonchev–Trinajstić information content (AvgIpc) is 2.35. The maximum absolute atomic E-state index is 5.68. The maximum Gasteiger partial charge on any atom is 0.235 e. The van der Waals surface area contributed by atoms with E-state index in [1.54, 1.807) is 6.20 Å². The Balaban J connectivity index is 2.11. The van der Waals surface area contributed by atoms with E-state index in [0.717, 1.165) is 22.2 Å². The molecule has 0 aliphatic carbocycles. The molecule has 1 aromatic heterocycles. The van der Waals surface area contributed by atoms with E-state index in [9.17, 15) is 0 Å². The highest BCUT2D eigenvalue weighted by atomic mass is 127. The highest BCUT2D eigenvalue weighted by molar-refractivity contribution is 14.1. The summed E-state index contributed by atoms with van der Waals surface area (Å²) in [5.41, 5.74) is 1.33. The average molecular weight is 340 g/mol. The van der Waals surface area contributed by atoms with Gasteiger partial charge >= 0.3 is 0 Å². The van der Waals surface area contributed by atoms with E-state index in [0.29, 0.717) is 5.88 Å². The minimum absolute atomic E-state index is 0.601. The van der Waals surface area contributed by atoms with Crippen molar-refractivity contribution in [1.29, 1.82) is 0 Å². The molecular formula is C13H13IN2O. The van der Waals surface area contributed by atoms with Crippen LogP contribution in [0.4, 0.5) is 0 Å². The van der Waals surface area contributed by atoms with Gasteiger partial charge < -0.3 is 4.74 Å². The third-order valence-corrected chi connectivity index (χ3v) is 3.05. The summed E-state index contributed by atoms with van der Waals surface area (Å²) in [6.45, 7) is 2.17. The van der Waals surface area contributed by atoms with Crippen molar-refractivity contribution in [2.45, 2.75) is 19.8 Å². The quantitative estimate of drug-likeness (QED) is 0.794. The Bertz CT molecular complexity index is 485. The number of aryl methyl sites for hydroxylation is 1. The van der Waals surface area contributed by atoms with Crippen LogP contribution in [0.3, 0.4) is 0 Å². The summed E-state index contributed by atoms with van der Waals surface area (Å²) in [4.78, 5) is 8.02. The van der Waals surface area contributed by atoms with Crippen LogP contribution in [0.2, 0.25) is 0 Å². The van der Waals surface area contributed by atoms with Crippen molar-refractivity contribution in [2.75, 3.05) is 0 Å². The minimum Gasteiger partial charge on any atom is -0.438 e. The van der Waals surface area contributed by atoms with Gasteiger partial charge in [0, 0.05) is 6.20 Å². The smallest absolute Gasteiger partial charge is 0.235 e. The predicted molar refractivity (Wildman–Crippen MR) is 75.3 cm³/mol. The zero-order valence-electron chi connectivity index (χ0n) is 9.56. The molecule has 3 nitrogen and oxygen atoms in total. The molecule has 88 valence electrons. The molecular weight excluding hydrogens is 327 g/mol. The molecule has 0 saturated carbocycles. The molecule has 17 heavy (non-hydrogen) atoms. The summed E-state index contributed by atoms with van der Waals surface area (Å²) in [6, 6.07) is 8.13. The van der Waals surface area contributed by atoms with Crippen LogP contribution >= 0.6 is 22.6 Å². The van der Waals surface area contributed by atoms with Gasteiger partial charge in [-0.15, -0.1) is 0 Å². The van der Waals surface area contributed by atoms with Crippen LogP contribution < -0.4 is 4.74 Å². The van der Waals surface area contributed by atoms with Gasteiger partial charge in [0.05, 0.1) is 3.57 Å². The summed E-state index contributed by atoms with van der Waals surface area (Å²) < 4.78 is 6.59. The van der Waals surface area contributed by atoms with Crippen molar-refractivity contribution in [3.05, 3.63) is 45.9 Å². The van der Waals surface area contributed by atoms with E-state index in [1.807, 2.05) is 12.1 Å². The minimum atomic E-state index is 0.601. The summed E-state index contributed by atoms with van der Waals surface area (Å²) in [5, 5.41) is 0. The van der Waals surface area contributed by atoms with Crippen LogP contribution in [-0.4, -0.2) is 9.97 Å². The fourth-order valence-electron chi connectivity index (χ4n) is 1.50. The summed E-state index contributed by atoms with van der Waals surface area (Å²) in [6.07, 6.45) is 5.48. The van der Waals surface area contributed by atoms with E-state index in [-0.39, 0.29) is 0 Å². The first-order valence-electron chi connectivity index (χ1n) is 5.52. The molecule has 0 aliphatic heterocycles. The lowest BCUT2D eigenvalue weighted by Gasteiger charge is -2.06. The van der Waals surface area contributed by atoms with Crippen LogP contribution in [0.25, 0.3) is 0 Å². The third kappa shape index (κ3) is 3.39. The Hall–Kier alpha value is -1.17.